The summed E-state index contributed by atoms with van der Waals surface area (Å²) in [6.07, 6.45) is 1.63. The molecule has 0 amide bonds. The summed E-state index contributed by atoms with van der Waals surface area (Å²) in [5, 5.41) is 19.2. The van der Waals surface area contributed by atoms with E-state index in [9.17, 15) is 10.2 Å². The monoisotopic (exact) mass is 284 g/mol. The lowest BCUT2D eigenvalue weighted by Gasteiger charge is -2.21. The SMILES string of the molecule is CCN(CC)c1ccc(O)c(C=Nc2ccc(O)cc2)c1. The Morgan fingerprint density at radius 2 is 1.67 bits per heavy atom. The first-order valence-corrected chi connectivity index (χ1v) is 7.05. The predicted octanol–water partition coefficient (Wildman–Crippen LogP) is 3.69. The summed E-state index contributed by atoms with van der Waals surface area (Å²) in [5.74, 6) is 0.411. The second kappa shape index (κ2) is 6.79. The Kier molecular flexibility index (Phi) is 4.82. The summed E-state index contributed by atoms with van der Waals surface area (Å²) in [7, 11) is 0. The highest BCUT2D eigenvalue weighted by Crippen LogP contribution is 2.24. The minimum Gasteiger partial charge on any atom is -0.508 e. The summed E-state index contributed by atoms with van der Waals surface area (Å²) in [4.78, 5) is 6.52. The molecule has 0 aliphatic carbocycles. The average molecular weight is 284 g/mol. The molecule has 2 N–H and O–H groups in total. The number of rotatable bonds is 5. The molecule has 2 aromatic rings. The van der Waals surface area contributed by atoms with Gasteiger partial charge in [0, 0.05) is 30.6 Å². The first kappa shape index (κ1) is 14.9. The van der Waals surface area contributed by atoms with Crippen molar-refractivity contribution in [3.8, 4) is 11.5 Å². The summed E-state index contributed by atoms with van der Waals surface area (Å²) in [5.41, 5.74) is 2.46. The van der Waals surface area contributed by atoms with Gasteiger partial charge in [-0.05, 0) is 56.3 Å². The highest BCUT2D eigenvalue weighted by atomic mass is 16.3. The number of anilines is 1. The lowest BCUT2D eigenvalue weighted by molar-refractivity contribution is 0.474. The maximum atomic E-state index is 9.93. The van der Waals surface area contributed by atoms with Crippen LogP contribution in [-0.4, -0.2) is 29.5 Å². The van der Waals surface area contributed by atoms with Crippen LogP contribution in [0.5, 0.6) is 11.5 Å². The Bertz CT molecular complexity index is 617. The van der Waals surface area contributed by atoms with Crippen molar-refractivity contribution in [1.29, 1.82) is 0 Å². The number of benzene rings is 2. The van der Waals surface area contributed by atoms with Gasteiger partial charge in [-0.1, -0.05) is 0 Å². The van der Waals surface area contributed by atoms with E-state index in [1.165, 1.54) is 0 Å². The molecular formula is C17H20N2O2. The van der Waals surface area contributed by atoms with Crippen molar-refractivity contribution in [2.24, 2.45) is 4.99 Å². The van der Waals surface area contributed by atoms with E-state index in [1.807, 2.05) is 12.1 Å². The molecule has 0 fully saturated rings. The second-order valence-corrected chi connectivity index (χ2v) is 4.69. The lowest BCUT2D eigenvalue weighted by Crippen LogP contribution is -2.21. The molecule has 110 valence electrons. The Balaban J connectivity index is 2.26. The fraction of sp³-hybridized carbons (Fsp3) is 0.235. The zero-order valence-corrected chi connectivity index (χ0v) is 12.3. The van der Waals surface area contributed by atoms with E-state index in [-0.39, 0.29) is 11.5 Å². The van der Waals surface area contributed by atoms with E-state index < -0.39 is 0 Å². The minimum absolute atomic E-state index is 0.202. The molecule has 4 nitrogen and oxygen atoms in total. The molecule has 21 heavy (non-hydrogen) atoms. The van der Waals surface area contributed by atoms with Crippen LogP contribution in [0.15, 0.2) is 47.5 Å². The third-order valence-electron chi connectivity index (χ3n) is 3.34. The Hall–Kier alpha value is -2.49. The zero-order chi connectivity index (χ0) is 15.2. The maximum Gasteiger partial charge on any atom is 0.124 e. The van der Waals surface area contributed by atoms with Crippen molar-refractivity contribution in [3.63, 3.8) is 0 Å². The van der Waals surface area contributed by atoms with Crippen LogP contribution in [0.3, 0.4) is 0 Å². The van der Waals surface area contributed by atoms with Gasteiger partial charge in [-0.25, -0.2) is 0 Å². The van der Waals surface area contributed by atoms with Gasteiger partial charge in [0.05, 0.1) is 5.69 Å². The smallest absolute Gasteiger partial charge is 0.124 e. The molecule has 0 saturated carbocycles. The van der Waals surface area contributed by atoms with Crippen molar-refractivity contribution >= 4 is 17.6 Å². The van der Waals surface area contributed by atoms with Gasteiger partial charge < -0.3 is 15.1 Å². The highest BCUT2D eigenvalue weighted by molar-refractivity contribution is 5.87. The zero-order valence-electron chi connectivity index (χ0n) is 12.3. The fourth-order valence-electron chi connectivity index (χ4n) is 2.11. The standard InChI is InChI=1S/C17H20N2O2/c1-3-19(4-2)15-7-10-17(21)13(11-15)12-18-14-5-8-16(20)9-6-14/h5-12,20-21H,3-4H2,1-2H3. The van der Waals surface area contributed by atoms with Crippen LogP contribution in [0.2, 0.25) is 0 Å². The molecule has 0 aliphatic rings. The first-order chi connectivity index (χ1) is 10.1. The van der Waals surface area contributed by atoms with Crippen LogP contribution in [0, 0.1) is 0 Å². The third kappa shape index (κ3) is 3.75. The van der Waals surface area contributed by atoms with E-state index in [0.29, 0.717) is 5.56 Å². The number of phenolic OH excluding ortho intramolecular Hbond substituents is 2. The number of hydrogen-bond donors (Lipinski definition) is 2. The van der Waals surface area contributed by atoms with E-state index in [4.69, 9.17) is 0 Å². The maximum absolute atomic E-state index is 9.93. The molecule has 0 spiro atoms. The predicted molar refractivity (Wildman–Crippen MR) is 87.0 cm³/mol. The van der Waals surface area contributed by atoms with Gasteiger partial charge in [-0.3, -0.25) is 4.99 Å². The van der Waals surface area contributed by atoms with Crippen LogP contribution < -0.4 is 4.90 Å². The number of aliphatic imine (C=N–C) groups is 1. The average Bonchev–Trinajstić information content (AvgIpc) is 2.50. The van der Waals surface area contributed by atoms with Crippen molar-refractivity contribution < 1.29 is 10.2 Å². The fourth-order valence-corrected chi connectivity index (χ4v) is 2.11. The normalized spacial score (nSPS) is 11.0. The van der Waals surface area contributed by atoms with Crippen molar-refractivity contribution in [1.82, 2.24) is 0 Å². The summed E-state index contributed by atoms with van der Waals surface area (Å²) < 4.78 is 0. The molecule has 0 unspecified atom stereocenters. The Morgan fingerprint density at radius 1 is 1.00 bits per heavy atom. The molecule has 0 atom stereocenters. The largest absolute Gasteiger partial charge is 0.508 e. The first-order valence-electron chi connectivity index (χ1n) is 7.05. The molecule has 2 rings (SSSR count). The van der Waals surface area contributed by atoms with E-state index in [1.54, 1.807) is 36.5 Å². The van der Waals surface area contributed by atoms with Crippen LogP contribution >= 0.6 is 0 Å². The molecule has 2 aromatic carbocycles. The van der Waals surface area contributed by atoms with Gasteiger partial charge in [0.1, 0.15) is 11.5 Å². The molecule has 0 saturated heterocycles. The van der Waals surface area contributed by atoms with Crippen LogP contribution in [0.25, 0.3) is 0 Å². The Labute approximate surface area is 125 Å². The third-order valence-corrected chi connectivity index (χ3v) is 3.34. The van der Waals surface area contributed by atoms with Gasteiger partial charge in [0.2, 0.25) is 0 Å². The van der Waals surface area contributed by atoms with E-state index >= 15 is 0 Å². The molecule has 0 bridgehead atoms. The number of phenols is 2. The number of nitrogens with zero attached hydrogens (tertiary/aromatic N) is 2. The minimum atomic E-state index is 0.202. The number of aromatic hydroxyl groups is 2. The molecule has 0 radical (unpaired) electrons. The molecule has 4 heteroatoms. The van der Waals surface area contributed by atoms with Gasteiger partial charge in [-0.15, -0.1) is 0 Å². The molecule has 0 aliphatic heterocycles. The van der Waals surface area contributed by atoms with Gasteiger partial charge in [0.15, 0.2) is 0 Å². The number of hydrogen-bond acceptors (Lipinski definition) is 4. The molecule has 0 aromatic heterocycles. The van der Waals surface area contributed by atoms with Crippen molar-refractivity contribution in [2.45, 2.75) is 13.8 Å². The summed E-state index contributed by atoms with van der Waals surface area (Å²) in [6.45, 7) is 6.02. The van der Waals surface area contributed by atoms with Gasteiger partial charge >= 0.3 is 0 Å². The van der Waals surface area contributed by atoms with Crippen molar-refractivity contribution in [2.75, 3.05) is 18.0 Å². The lowest BCUT2D eigenvalue weighted by atomic mass is 10.1. The topological polar surface area (TPSA) is 56.1 Å². The quantitative estimate of drug-likeness (QED) is 0.823. The molecular weight excluding hydrogens is 264 g/mol. The van der Waals surface area contributed by atoms with E-state index in [0.717, 1.165) is 24.5 Å². The van der Waals surface area contributed by atoms with Crippen molar-refractivity contribution in [3.05, 3.63) is 48.0 Å². The molecule has 0 heterocycles. The van der Waals surface area contributed by atoms with Crippen LogP contribution in [0.1, 0.15) is 19.4 Å². The van der Waals surface area contributed by atoms with E-state index in [2.05, 4.69) is 23.7 Å². The highest BCUT2D eigenvalue weighted by Gasteiger charge is 2.05. The van der Waals surface area contributed by atoms with Crippen LogP contribution in [0.4, 0.5) is 11.4 Å². The van der Waals surface area contributed by atoms with Crippen LogP contribution in [-0.2, 0) is 0 Å². The second-order valence-electron chi connectivity index (χ2n) is 4.69. The van der Waals surface area contributed by atoms with Gasteiger partial charge in [-0.2, -0.15) is 0 Å². The summed E-state index contributed by atoms with van der Waals surface area (Å²) >= 11 is 0. The van der Waals surface area contributed by atoms with Gasteiger partial charge in [0.25, 0.3) is 0 Å². The Morgan fingerprint density at radius 3 is 2.29 bits per heavy atom. The summed E-state index contributed by atoms with van der Waals surface area (Å²) in [6, 6.07) is 12.1.